The molecule has 0 fully saturated rings. The van der Waals surface area contributed by atoms with E-state index in [1.165, 1.54) is 5.57 Å². The predicted molar refractivity (Wildman–Crippen MR) is 110 cm³/mol. The molecule has 0 bridgehead atoms. The van der Waals surface area contributed by atoms with Crippen LogP contribution in [0.25, 0.3) is 17.0 Å². The van der Waals surface area contributed by atoms with Crippen LogP contribution in [-0.4, -0.2) is 31.5 Å². The Morgan fingerprint density at radius 3 is 2.78 bits per heavy atom. The van der Waals surface area contributed by atoms with Crippen LogP contribution in [0.3, 0.4) is 0 Å². The first kappa shape index (κ1) is 17.3. The molecule has 0 amide bonds. The molecule has 0 saturated heterocycles. The van der Waals surface area contributed by atoms with E-state index in [-0.39, 0.29) is 0 Å². The van der Waals surface area contributed by atoms with Gasteiger partial charge < -0.3 is 9.47 Å². The van der Waals surface area contributed by atoms with Crippen LogP contribution in [0.2, 0.25) is 0 Å². The molecule has 0 radical (unpaired) electrons. The van der Waals surface area contributed by atoms with Crippen molar-refractivity contribution in [1.82, 2.24) is 4.98 Å². The molecule has 0 N–H and O–H groups in total. The number of hydrogen-bond acceptors (Lipinski definition) is 4. The molecule has 4 heteroatoms. The molecule has 4 nitrogen and oxygen atoms in total. The van der Waals surface area contributed by atoms with E-state index in [0.717, 1.165) is 58.6 Å². The molecule has 0 unspecified atom stereocenters. The average molecular weight is 358 g/mol. The number of methoxy groups -OCH3 is 2. The van der Waals surface area contributed by atoms with E-state index < -0.39 is 0 Å². The Balaban J connectivity index is 1.76. The highest BCUT2D eigenvalue weighted by Gasteiger charge is 2.16. The number of aromatic nitrogens is 1. The van der Waals surface area contributed by atoms with Crippen molar-refractivity contribution in [3.8, 4) is 11.5 Å². The number of aliphatic imine (C=N–C) groups is 1. The zero-order valence-electron chi connectivity index (χ0n) is 15.6. The van der Waals surface area contributed by atoms with Crippen molar-refractivity contribution < 1.29 is 9.47 Å². The third kappa shape index (κ3) is 3.56. The molecule has 0 atom stereocenters. The SMILES string of the molecule is COc1ccc(C=C2CCCN=C2c2ccc3ncccc3c2)c(OC)c1. The molecule has 3 aromatic rings. The van der Waals surface area contributed by atoms with E-state index in [2.05, 4.69) is 35.3 Å². The Hall–Kier alpha value is -3.14. The molecule has 1 aromatic heterocycles. The van der Waals surface area contributed by atoms with Gasteiger partial charge in [-0.2, -0.15) is 0 Å². The Labute approximate surface area is 159 Å². The molecule has 0 aliphatic carbocycles. The molecule has 2 heterocycles. The van der Waals surface area contributed by atoms with Crippen LogP contribution < -0.4 is 9.47 Å². The van der Waals surface area contributed by atoms with Gasteiger partial charge in [-0.05, 0) is 54.8 Å². The molecule has 1 aliphatic rings. The van der Waals surface area contributed by atoms with Crippen LogP contribution >= 0.6 is 0 Å². The van der Waals surface area contributed by atoms with Crippen molar-refractivity contribution in [1.29, 1.82) is 0 Å². The zero-order valence-corrected chi connectivity index (χ0v) is 15.6. The lowest BCUT2D eigenvalue weighted by Gasteiger charge is -2.18. The Morgan fingerprint density at radius 2 is 1.93 bits per heavy atom. The summed E-state index contributed by atoms with van der Waals surface area (Å²) in [5.74, 6) is 1.59. The summed E-state index contributed by atoms with van der Waals surface area (Å²) in [5, 5.41) is 1.13. The summed E-state index contributed by atoms with van der Waals surface area (Å²) >= 11 is 0. The van der Waals surface area contributed by atoms with E-state index in [4.69, 9.17) is 14.5 Å². The smallest absolute Gasteiger partial charge is 0.129 e. The van der Waals surface area contributed by atoms with E-state index in [0.29, 0.717) is 0 Å². The molecule has 27 heavy (non-hydrogen) atoms. The number of rotatable bonds is 4. The number of benzene rings is 2. The predicted octanol–water partition coefficient (Wildman–Crippen LogP) is 4.92. The average Bonchev–Trinajstić information content (AvgIpc) is 2.74. The fourth-order valence-electron chi connectivity index (χ4n) is 3.45. The molecule has 2 aromatic carbocycles. The van der Waals surface area contributed by atoms with Crippen molar-refractivity contribution in [3.05, 3.63) is 71.4 Å². The molecule has 0 saturated carbocycles. The van der Waals surface area contributed by atoms with Crippen LogP contribution in [0, 0.1) is 0 Å². The first-order valence-corrected chi connectivity index (χ1v) is 9.11. The van der Waals surface area contributed by atoms with Crippen LogP contribution in [0.1, 0.15) is 24.0 Å². The minimum atomic E-state index is 0.786. The van der Waals surface area contributed by atoms with Crippen molar-refractivity contribution in [2.75, 3.05) is 20.8 Å². The summed E-state index contributed by atoms with van der Waals surface area (Å²) in [4.78, 5) is 9.25. The lowest BCUT2D eigenvalue weighted by atomic mass is 9.93. The molecule has 136 valence electrons. The van der Waals surface area contributed by atoms with Crippen molar-refractivity contribution >= 4 is 22.7 Å². The maximum Gasteiger partial charge on any atom is 0.129 e. The van der Waals surface area contributed by atoms with Crippen molar-refractivity contribution in [2.45, 2.75) is 12.8 Å². The van der Waals surface area contributed by atoms with Crippen molar-refractivity contribution in [3.63, 3.8) is 0 Å². The highest BCUT2D eigenvalue weighted by atomic mass is 16.5. The second kappa shape index (κ2) is 7.62. The molecule has 0 spiro atoms. The topological polar surface area (TPSA) is 43.7 Å². The number of allylic oxidation sites excluding steroid dienone is 1. The van der Waals surface area contributed by atoms with E-state index in [9.17, 15) is 0 Å². The number of nitrogens with zero attached hydrogens (tertiary/aromatic N) is 2. The fourth-order valence-corrected chi connectivity index (χ4v) is 3.45. The van der Waals surface area contributed by atoms with Gasteiger partial charge in [0.2, 0.25) is 0 Å². The highest BCUT2D eigenvalue weighted by Crippen LogP contribution is 2.30. The normalized spacial score (nSPS) is 15.6. The van der Waals surface area contributed by atoms with E-state index in [1.54, 1.807) is 14.2 Å². The fraction of sp³-hybridized carbons (Fsp3) is 0.217. The summed E-state index contributed by atoms with van der Waals surface area (Å²) < 4.78 is 10.9. The van der Waals surface area contributed by atoms with Gasteiger partial charge in [-0.15, -0.1) is 0 Å². The largest absolute Gasteiger partial charge is 0.497 e. The lowest BCUT2D eigenvalue weighted by molar-refractivity contribution is 0.393. The van der Waals surface area contributed by atoms with Gasteiger partial charge in [-0.1, -0.05) is 12.1 Å². The monoisotopic (exact) mass is 358 g/mol. The first-order valence-electron chi connectivity index (χ1n) is 9.11. The molecule has 1 aliphatic heterocycles. The number of fused-ring (bicyclic) bond motifs is 1. The second-order valence-corrected chi connectivity index (χ2v) is 6.52. The summed E-state index contributed by atoms with van der Waals surface area (Å²) in [6, 6.07) is 16.3. The van der Waals surface area contributed by atoms with Crippen LogP contribution in [0.5, 0.6) is 11.5 Å². The van der Waals surface area contributed by atoms with Crippen molar-refractivity contribution in [2.24, 2.45) is 4.99 Å². The number of hydrogen-bond donors (Lipinski definition) is 0. The van der Waals surface area contributed by atoms with Crippen LogP contribution in [0.15, 0.2) is 65.3 Å². The Bertz CT molecular complexity index is 1040. The minimum absolute atomic E-state index is 0.786. The second-order valence-electron chi connectivity index (χ2n) is 6.52. The summed E-state index contributed by atoms with van der Waals surface area (Å²) in [7, 11) is 3.34. The first-order chi connectivity index (χ1) is 13.3. The quantitative estimate of drug-likeness (QED) is 0.665. The minimum Gasteiger partial charge on any atom is -0.497 e. The highest BCUT2D eigenvalue weighted by molar-refractivity contribution is 6.16. The van der Waals surface area contributed by atoms with Gasteiger partial charge >= 0.3 is 0 Å². The molecular weight excluding hydrogens is 336 g/mol. The lowest BCUT2D eigenvalue weighted by Crippen LogP contribution is -2.11. The standard InChI is InChI=1S/C23H22N2O2/c1-26-20-9-7-17(22(15-20)27-2)14-18-6-4-12-25-23(18)19-8-10-21-16(13-19)5-3-11-24-21/h3,5,7-11,13-15H,4,6,12H2,1-2H3. The summed E-state index contributed by atoms with van der Waals surface area (Å²) in [6.07, 6.45) is 6.06. The van der Waals surface area contributed by atoms with Gasteiger partial charge in [0.05, 0.1) is 25.4 Å². The third-order valence-electron chi connectivity index (χ3n) is 4.83. The maximum absolute atomic E-state index is 5.56. The maximum atomic E-state index is 5.56. The van der Waals surface area contributed by atoms with E-state index >= 15 is 0 Å². The Morgan fingerprint density at radius 1 is 1.00 bits per heavy atom. The summed E-state index contributed by atoms with van der Waals surface area (Å²) in [6.45, 7) is 0.859. The van der Waals surface area contributed by atoms with E-state index in [1.807, 2.05) is 30.5 Å². The molecular formula is C23H22N2O2. The van der Waals surface area contributed by atoms with Crippen LogP contribution in [-0.2, 0) is 0 Å². The van der Waals surface area contributed by atoms with Gasteiger partial charge in [-0.25, -0.2) is 0 Å². The van der Waals surface area contributed by atoms with Gasteiger partial charge in [0.15, 0.2) is 0 Å². The van der Waals surface area contributed by atoms with Crippen LogP contribution in [0.4, 0.5) is 0 Å². The van der Waals surface area contributed by atoms with Gasteiger partial charge in [0.1, 0.15) is 11.5 Å². The molecule has 4 rings (SSSR count). The van der Waals surface area contributed by atoms with Gasteiger partial charge in [0, 0.05) is 35.3 Å². The van der Waals surface area contributed by atoms with Gasteiger partial charge in [-0.3, -0.25) is 9.98 Å². The third-order valence-corrected chi connectivity index (χ3v) is 4.83. The Kier molecular flexibility index (Phi) is 4.88. The summed E-state index contributed by atoms with van der Waals surface area (Å²) in [5.41, 5.74) is 5.46. The zero-order chi connectivity index (χ0) is 18.6. The number of pyridine rings is 1. The number of ether oxygens (including phenoxy) is 2. The van der Waals surface area contributed by atoms with Gasteiger partial charge in [0.25, 0.3) is 0 Å².